The topological polar surface area (TPSA) is 59.1 Å². The average molecular weight is 326 g/mol. The van der Waals surface area contributed by atoms with Crippen LogP contribution in [0.15, 0.2) is 53.7 Å². The molecule has 0 bridgehead atoms. The number of aromatic nitrogens is 1. The number of hydrogen-bond donors (Lipinski definition) is 1. The molecule has 0 aliphatic heterocycles. The van der Waals surface area contributed by atoms with Gasteiger partial charge in [-0.05, 0) is 42.3 Å². The predicted octanol–water partition coefficient (Wildman–Crippen LogP) is 2.93. The lowest BCUT2D eigenvalue weighted by Crippen LogP contribution is -2.18. The van der Waals surface area contributed by atoms with E-state index in [1.165, 1.54) is 24.3 Å². The summed E-state index contributed by atoms with van der Waals surface area (Å²) >= 11 is 0. The van der Waals surface area contributed by atoms with Crippen LogP contribution in [0.1, 0.15) is 24.1 Å². The van der Waals surface area contributed by atoms with E-state index in [2.05, 4.69) is 10.3 Å². The molecule has 118 valence electrons. The largest absolute Gasteiger partial charge is 0.341 e. The second-order valence-corrected chi connectivity index (χ2v) is 6.75. The highest BCUT2D eigenvalue weighted by Gasteiger charge is 2.26. The van der Waals surface area contributed by atoms with Crippen LogP contribution in [0.25, 0.3) is 0 Å². The second kappa shape index (κ2) is 6.93. The van der Waals surface area contributed by atoms with Crippen LogP contribution < -0.4 is 5.32 Å². The van der Waals surface area contributed by atoms with Gasteiger partial charge < -0.3 is 5.32 Å². The summed E-state index contributed by atoms with van der Waals surface area (Å²) in [5, 5.41) is 3.27. The summed E-state index contributed by atoms with van der Waals surface area (Å²) in [6.07, 6.45) is 3.41. The van der Waals surface area contributed by atoms with Crippen molar-refractivity contribution < 1.29 is 17.2 Å². The van der Waals surface area contributed by atoms with Gasteiger partial charge in [0.15, 0.2) is 0 Å². The van der Waals surface area contributed by atoms with E-state index in [1.54, 1.807) is 12.4 Å². The molecule has 0 saturated heterocycles. The number of sulfone groups is 1. The SMILES string of the molecule is CC(NCc1ccc(S(=O)(=O)C(F)F)cc1)c1ccncc1. The van der Waals surface area contributed by atoms with E-state index >= 15 is 0 Å². The zero-order valence-corrected chi connectivity index (χ0v) is 12.7. The number of halogens is 2. The molecule has 0 aliphatic rings. The van der Waals surface area contributed by atoms with Crippen molar-refractivity contribution in [3.63, 3.8) is 0 Å². The minimum Gasteiger partial charge on any atom is -0.306 e. The summed E-state index contributed by atoms with van der Waals surface area (Å²) < 4.78 is 47.5. The number of nitrogens with zero attached hydrogens (tertiary/aromatic N) is 1. The van der Waals surface area contributed by atoms with Crippen molar-refractivity contribution in [2.24, 2.45) is 0 Å². The van der Waals surface area contributed by atoms with Crippen LogP contribution >= 0.6 is 0 Å². The first-order valence-electron chi connectivity index (χ1n) is 6.65. The first kappa shape index (κ1) is 16.5. The van der Waals surface area contributed by atoms with E-state index in [4.69, 9.17) is 0 Å². The van der Waals surface area contributed by atoms with Gasteiger partial charge in [0.1, 0.15) is 0 Å². The number of pyridine rings is 1. The molecule has 1 N–H and O–H groups in total. The highest BCUT2D eigenvalue weighted by molar-refractivity contribution is 7.91. The normalized spacial score (nSPS) is 13.3. The highest BCUT2D eigenvalue weighted by atomic mass is 32.2. The van der Waals surface area contributed by atoms with Crippen molar-refractivity contribution in [2.75, 3.05) is 0 Å². The molecule has 1 heterocycles. The van der Waals surface area contributed by atoms with E-state index in [9.17, 15) is 17.2 Å². The van der Waals surface area contributed by atoms with Crippen molar-refractivity contribution in [3.05, 3.63) is 59.9 Å². The van der Waals surface area contributed by atoms with E-state index in [0.717, 1.165) is 11.1 Å². The first-order valence-corrected chi connectivity index (χ1v) is 8.20. The van der Waals surface area contributed by atoms with E-state index in [1.807, 2.05) is 19.1 Å². The molecule has 2 aromatic rings. The summed E-state index contributed by atoms with van der Waals surface area (Å²) in [6.45, 7) is 2.49. The Morgan fingerprint density at radius 2 is 1.68 bits per heavy atom. The molecular formula is C15H16F2N2O2S. The van der Waals surface area contributed by atoms with Gasteiger partial charge in [-0.3, -0.25) is 4.98 Å². The van der Waals surface area contributed by atoms with Crippen LogP contribution in [-0.4, -0.2) is 19.2 Å². The Labute approximate surface area is 128 Å². The van der Waals surface area contributed by atoms with E-state index in [-0.39, 0.29) is 10.9 Å². The van der Waals surface area contributed by atoms with Gasteiger partial charge in [0.05, 0.1) is 4.90 Å². The van der Waals surface area contributed by atoms with Gasteiger partial charge in [-0.2, -0.15) is 8.78 Å². The van der Waals surface area contributed by atoms with Crippen LogP contribution in [0.4, 0.5) is 8.78 Å². The molecule has 0 amide bonds. The lowest BCUT2D eigenvalue weighted by molar-refractivity contribution is 0.234. The molecule has 1 aromatic carbocycles. The summed E-state index contributed by atoms with van der Waals surface area (Å²) in [5.41, 5.74) is 1.89. The molecule has 0 saturated carbocycles. The fraction of sp³-hybridized carbons (Fsp3) is 0.267. The lowest BCUT2D eigenvalue weighted by atomic mass is 10.1. The molecule has 1 unspecified atom stereocenters. The van der Waals surface area contributed by atoms with Crippen LogP contribution in [0.2, 0.25) is 0 Å². The molecule has 22 heavy (non-hydrogen) atoms. The Balaban J connectivity index is 2.01. The molecule has 7 heteroatoms. The van der Waals surface area contributed by atoms with Gasteiger partial charge >= 0.3 is 5.76 Å². The molecular weight excluding hydrogens is 310 g/mol. The molecule has 0 fully saturated rings. The summed E-state index contributed by atoms with van der Waals surface area (Å²) in [7, 11) is -4.53. The Morgan fingerprint density at radius 3 is 2.23 bits per heavy atom. The van der Waals surface area contributed by atoms with Crippen molar-refractivity contribution >= 4 is 9.84 Å². The van der Waals surface area contributed by atoms with Gasteiger partial charge in [-0.1, -0.05) is 12.1 Å². The third-order valence-corrected chi connectivity index (χ3v) is 4.70. The van der Waals surface area contributed by atoms with Crippen molar-refractivity contribution in [3.8, 4) is 0 Å². The van der Waals surface area contributed by atoms with Crippen LogP contribution in [0, 0.1) is 0 Å². The fourth-order valence-corrected chi connectivity index (χ4v) is 2.66. The fourth-order valence-electron chi connectivity index (χ4n) is 1.94. The molecule has 0 aliphatic carbocycles. The summed E-state index contributed by atoms with van der Waals surface area (Å²) in [5.74, 6) is -3.40. The summed E-state index contributed by atoms with van der Waals surface area (Å²) in [6, 6.07) is 9.35. The number of benzene rings is 1. The van der Waals surface area contributed by atoms with Gasteiger partial charge in [-0.25, -0.2) is 8.42 Å². The number of nitrogens with one attached hydrogen (secondary N) is 1. The van der Waals surface area contributed by atoms with Gasteiger partial charge in [0.2, 0.25) is 9.84 Å². The standard InChI is InChI=1S/C15H16F2N2O2S/c1-11(13-6-8-18-9-7-13)19-10-12-2-4-14(5-3-12)22(20,21)15(16)17/h2-9,11,15,19H,10H2,1H3. The van der Waals surface area contributed by atoms with Gasteiger partial charge in [0, 0.05) is 25.0 Å². The number of alkyl halides is 2. The molecule has 2 rings (SSSR count). The van der Waals surface area contributed by atoms with E-state index < -0.39 is 15.6 Å². The maximum absolute atomic E-state index is 12.4. The summed E-state index contributed by atoms with van der Waals surface area (Å²) in [4.78, 5) is 3.58. The molecule has 1 atom stereocenters. The highest BCUT2D eigenvalue weighted by Crippen LogP contribution is 2.19. The number of hydrogen-bond acceptors (Lipinski definition) is 4. The van der Waals surface area contributed by atoms with Gasteiger partial charge in [-0.15, -0.1) is 0 Å². The third kappa shape index (κ3) is 3.86. The average Bonchev–Trinajstić information content (AvgIpc) is 2.53. The van der Waals surface area contributed by atoms with Crippen LogP contribution in [-0.2, 0) is 16.4 Å². The Morgan fingerprint density at radius 1 is 1.09 bits per heavy atom. The quantitative estimate of drug-likeness (QED) is 0.887. The second-order valence-electron chi connectivity index (χ2n) is 4.83. The van der Waals surface area contributed by atoms with Gasteiger partial charge in [0.25, 0.3) is 0 Å². The maximum atomic E-state index is 12.4. The Kier molecular flexibility index (Phi) is 5.20. The maximum Gasteiger partial charge on any atom is 0.341 e. The van der Waals surface area contributed by atoms with Crippen LogP contribution in [0.5, 0.6) is 0 Å². The predicted molar refractivity (Wildman–Crippen MR) is 79.1 cm³/mol. The number of rotatable bonds is 6. The molecule has 0 radical (unpaired) electrons. The lowest BCUT2D eigenvalue weighted by Gasteiger charge is -2.14. The van der Waals surface area contributed by atoms with Crippen molar-refractivity contribution in [1.82, 2.24) is 10.3 Å². The Bertz CT molecular complexity index is 704. The van der Waals surface area contributed by atoms with Crippen molar-refractivity contribution in [1.29, 1.82) is 0 Å². The first-order chi connectivity index (χ1) is 10.4. The zero-order chi connectivity index (χ0) is 16.2. The molecule has 4 nitrogen and oxygen atoms in total. The monoisotopic (exact) mass is 326 g/mol. The molecule has 1 aromatic heterocycles. The van der Waals surface area contributed by atoms with Crippen molar-refractivity contribution in [2.45, 2.75) is 30.2 Å². The van der Waals surface area contributed by atoms with E-state index in [0.29, 0.717) is 6.54 Å². The van der Waals surface area contributed by atoms with Crippen LogP contribution in [0.3, 0.4) is 0 Å². The minimum absolute atomic E-state index is 0.0903. The zero-order valence-electron chi connectivity index (χ0n) is 11.9. The Hall–Kier alpha value is -1.86. The smallest absolute Gasteiger partial charge is 0.306 e. The molecule has 0 spiro atoms. The minimum atomic E-state index is -4.53. The third-order valence-electron chi connectivity index (χ3n) is 3.30.